The molecule has 2 nitrogen and oxygen atoms in total. The zero-order valence-corrected chi connectivity index (χ0v) is 7.59. The molecule has 4 N–H and O–H groups in total. The zero-order valence-electron chi connectivity index (χ0n) is 5.95. The molecule has 0 amide bonds. The highest BCUT2D eigenvalue weighted by molar-refractivity contribution is 7.98. The predicted octanol–water partition coefficient (Wildman–Crippen LogP) is 1.51. The van der Waals surface area contributed by atoms with E-state index in [0.717, 1.165) is 0 Å². The van der Waals surface area contributed by atoms with E-state index in [9.17, 15) is 0 Å². The van der Waals surface area contributed by atoms with Gasteiger partial charge in [-0.3, -0.25) is 10.3 Å². The Labute approximate surface area is 70.8 Å². The third kappa shape index (κ3) is 2.34. The molecular weight excluding hydrogens is 164 g/mol. The average Bonchev–Trinajstić information content (AvgIpc) is 2.05. The fourth-order valence-corrected chi connectivity index (χ4v) is 2.76. The third-order valence-corrected chi connectivity index (χ3v) is 3.59. The molecule has 0 aliphatic heterocycles. The van der Waals surface area contributed by atoms with E-state index in [-0.39, 0.29) is 0 Å². The molecule has 10 heavy (non-hydrogen) atoms. The lowest BCUT2D eigenvalue weighted by Gasteiger charge is -2.25. The quantitative estimate of drug-likeness (QED) is 0.629. The monoisotopic (exact) mass is 178 g/mol. The molecule has 2 atom stereocenters. The molecule has 0 bridgehead atoms. The summed E-state index contributed by atoms with van der Waals surface area (Å²) < 4.78 is 0. The van der Waals surface area contributed by atoms with Crippen LogP contribution in [0.5, 0.6) is 0 Å². The van der Waals surface area contributed by atoms with Gasteiger partial charge in [0.25, 0.3) is 0 Å². The van der Waals surface area contributed by atoms with Crippen molar-refractivity contribution < 1.29 is 0 Å². The Balaban J connectivity index is 2.25. The minimum absolute atomic E-state index is 0.662. The molecule has 0 heterocycles. The lowest BCUT2D eigenvalue weighted by molar-refractivity contribution is 0.528. The summed E-state index contributed by atoms with van der Waals surface area (Å²) in [4.78, 5) is 0. The Bertz CT molecular complexity index is 89.7. The molecule has 0 unspecified atom stereocenters. The molecule has 1 fully saturated rings. The van der Waals surface area contributed by atoms with E-state index in [1.165, 1.54) is 49.6 Å². The first-order valence-corrected chi connectivity index (χ1v) is 5.46. The summed E-state index contributed by atoms with van der Waals surface area (Å²) in [5, 5.41) is 12.3. The highest BCUT2D eigenvalue weighted by Crippen LogP contribution is 2.30. The molecule has 4 heteroatoms. The summed E-state index contributed by atoms with van der Waals surface area (Å²) >= 11 is 2.99. The molecule has 1 saturated carbocycles. The molecular formula is C6H14N2S2. The molecule has 0 aromatic rings. The van der Waals surface area contributed by atoms with E-state index in [0.29, 0.717) is 10.5 Å². The van der Waals surface area contributed by atoms with Gasteiger partial charge in [-0.1, -0.05) is 30.3 Å². The summed E-state index contributed by atoms with van der Waals surface area (Å²) in [6.07, 6.45) is 5.04. The van der Waals surface area contributed by atoms with Gasteiger partial charge in [0, 0.05) is 10.5 Å². The fraction of sp³-hybridized carbons (Fsp3) is 1.00. The summed E-state index contributed by atoms with van der Waals surface area (Å²) in [5.41, 5.74) is 0. The Morgan fingerprint density at radius 2 is 1.50 bits per heavy atom. The Morgan fingerprint density at radius 1 is 1.00 bits per heavy atom. The van der Waals surface area contributed by atoms with Crippen molar-refractivity contribution in [1.29, 1.82) is 0 Å². The number of hydrogen-bond donors (Lipinski definition) is 2. The normalized spacial score (nSPS) is 34.2. The van der Waals surface area contributed by atoms with Gasteiger partial charge in [-0.15, -0.1) is 0 Å². The van der Waals surface area contributed by atoms with Gasteiger partial charge in [0.15, 0.2) is 0 Å². The standard InChI is InChI=1S/C6H14N2S2/c7-9-5-2-1-3-6(4-5)10-8/h5-6H,1-4,7-8H2/t5-,6-/m0/s1. The van der Waals surface area contributed by atoms with Crippen molar-refractivity contribution in [2.75, 3.05) is 0 Å². The van der Waals surface area contributed by atoms with Gasteiger partial charge < -0.3 is 0 Å². The van der Waals surface area contributed by atoms with Crippen molar-refractivity contribution in [2.45, 2.75) is 36.2 Å². The zero-order chi connectivity index (χ0) is 7.40. The van der Waals surface area contributed by atoms with Crippen LogP contribution in [0.4, 0.5) is 0 Å². The van der Waals surface area contributed by atoms with E-state index in [4.69, 9.17) is 10.3 Å². The van der Waals surface area contributed by atoms with Crippen molar-refractivity contribution >= 4 is 23.9 Å². The van der Waals surface area contributed by atoms with Crippen LogP contribution in [-0.2, 0) is 0 Å². The summed E-state index contributed by atoms with van der Waals surface area (Å²) in [7, 11) is 0. The number of rotatable bonds is 2. The maximum Gasteiger partial charge on any atom is 0.0201 e. The molecule has 1 aliphatic carbocycles. The van der Waals surface area contributed by atoms with Gasteiger partial charge in [-0.25, -0.2) is 0 Å². The van der Waals surface area contributed by atoms with Crippen LogP contribution in [0.1, 0.15) is 25.7 Å². The highest BCUT2D eigenvalue weighted by Gasteiger charge is 2.20. The molecule has 1 aliphatic rings. The van der Waals surface area contributed by atoms with Gasteiger partial charge >= 0.3 is 0 Å². The van der Waals surface area contributed by atoms with Gasteiger partial charge in [0.2, 0.25) is 0 Å². The minimum Gasteiger partial charge on any atom is -0.278 e. The second-order valence-electron chi connectivity index (χ2n) is 2.68. The van der Waals surface area contributed by atoms with Crippen molar-refractivity contribution in [3.05, 3.63) is 0 Å². The number of nitrogens with two attached hydrogens (primary N) is 2. The Kier molecular flexibility index (Phi) is 3.91. The molecule has 0 aromatic heterocycles. The SMILES string of the molecule is NS[C@H]1CCC[C@H](SN)C1. The molecule has 0 spiro atoms. The van der Waals surface area contributed by atoms with E-state index >= 15 is 0 Å². The highest BCUT2D eigenvalue weighted by atomic mass is 32.2. The smallest absolute Gasteiger partial charge is 0.0201 e. The second kappa shape index (κ2) is 4.49. The van der Waals surface area contributed by atoms with Crippen LogP contribution in [0.3, 0.4) is 0 Å². The van der Waals surface area contributed by atoms with E-state index in [1.807, 2.05) is 0 Å². The summed E-state index contributed by atoms with van der Waals surface area (Å²) in [5.74, 6) is 0. The van der Waals surface area contributed by atoms with E-state index in [1.54, 1.807) is 0 Å². The lowest BCUT2D eigenvalue weighted by atomic mass is 10.00. The second-order valence-corrected chi connectivity index (χ2v) is 4.56. The summed E-state index contributed by atoms with van der Waals surface area (Å²) in [6, 6.07) is 0. The van der Waals surface area contributed by atoms with Crippen molar-refractivity contribution in [2.24, 2.45) is 10.3 Å². The Morgan fingerprint density at radius 3 is 1.90 bits per heavy atom. The van der Waals surface area contributed by atoms with Crippen LogP contribution in [0.15, 0.2) is 0 Å². The first-order valence-electron chi connectivity index (χ1n) is 3.58. The van der Waals surface area contributed by atoms with Gasteiger partial charge in [-0.2, -0.15) is 0 Å². The topological polar surface area (TPSA) is 52.0 Å². The van der Waals surface area contributed by atoms with Crippen LogP contribution in [0, 0.1) is 0 Å². The maximum absolute atomic E-state index is 5.49. The van der Waals surface area contributed by atoms with Crippen LogP contribution >= 0.6 is 23.9 Å². The molecule has 0 saturated heterocycles. The minimum atomic E-state index is 0.662. The predicted molar refractivity (Wildman–Crippen MR) is 49.6 cm³/mol. The van der Waals surface area contributed by atoms with Gasteiger partial charge in [0.1, 0.15) is 0 Å². The lowest BCUT2D eigenvalue weighted by Crippen LogP contribution is -2.21. The first kappa shape index (κ1) is 8.71. The molecule has 0 aromatic carbocycles. The summed E-state index contributed by atoms with van der Waals surface area (Å²) in [6.45, 7) is 0. The van der Waals surface area contributed by atoms with Crippen molar-refractivity contribution in [3.63, 3.8) is 0 Å². The van der Waals surface area contributed by atoms with E-state index < -0.39 is 0 Å². The first-order chi connectivity index (χ1) is 4.86. The van der Waals surface area contributed by atoms with Gasteiger partial charge in [0.05, 0.1) is 0 Å². The molecule has 0 radical (unpaired) electrons. The van der Waals surface area contributed by atoms with Crippen LogP contribution in [0.25, 0.3) is 0 Å². The molecule has 1 rings (SSSR count). The maximum atomic E-state index is 5.49. The van der Waals surface area contributed by atoms with Gasteiger partial charge in [-0.05, 0) is 19.3 Å². The van der Waals surface area contributed by atoms with Crippen LogP contribution in [0.2, 0.25) is 0 Å². The van der Waals surface area contributed by atoms with Crippen LogP contribution in [-0.4, -0.2) is 10.5 Å². The largest absolute Gasteiger partial charge is 0.278 e. The third-order valence-electron chi connectivity index (χ3n) is 1.96. The van der Waals surface area contributed by atoms with Crippen LogP contribution < -0.4 is 10.3 Å². The molecule has 60 valence electrons. The Hall–Kier alpha value is 0.620. The fourth-order valence-electron chi connectivity index (χ4n) is 1.35. The number of hydrogen-bond acceptors (Lipinski definition) is 4. The van der Waals surface area contributed by atoms with E-state index in [2.05, 4.69) is 0 Å². The average molecular weight is 178 g/mol. The van der Waals surface area contributed by atoms with Crippen molar-refractivity contribution in [3.8, 4) is 0 Å². The van der Waals surface area contributed by atoms with Crippen molar-refractivity contribution in [1.82, 2.24) is 0 Å².